The van der Waals surface area contributed by atoms with Gasteiger partial charge in [0.15, 0.2) is 0 Å². The molecule has 0 radical (unpaired) electrons. The zero-order chi connectivity index (χ0) is 31.9. The van der Waals surface area contributed by atoms with Gasteiger partial charge in [-0.1, -0.05) is 185 Å². The van der Waals surface area contributed by atoms with Crippen LogP contribution in [-0.2, 0) is 9.53 Å². The minimum atomic E-state index is 0.00304. The van der Waals surface area contributed by atoms with Gasteiger partial charge in [-0.3, -0.25) is 4.79 Å². The average Bonchev–Trinajstić information content (AvgIpc) is 3.03. The molecule has 258 valence electrons. The normalized spacial score (nSPS) is 12.0. The lowest BCUT2D eigenvalue weighted by Crippen LogP contribution is -2.05. The molecule has 3 heteroatoms. The van der Waals surface area contributed by atoms with Gasteiger partial charge in [0.2, 0.25) is 0 Å². The number of aliphatic hydroxyl groups is 1. The van der Waals surface area contributed by atoms with Crippen molar-refractivity contribution in [2.24, 2.45) is 0 Å². The van der Waals surface area contributed by atoms with Gasteiger partial charge < -0.3 is 9.84 Å². The van der Waals surface area contributed by atoms with Gasteiger partial charge in [0.25, 0.3) is 0 Å². The maximum Gasteiger partial charge on any atom is 0.305 e. The van der Waals surface area contributed by atoms with Crippen LogP contribution in [0.5, 0.6) is 0 Å². The van der Waals surface area contributed by atoms with Crippen molar-refractivity contribution in [3.8, 4) is 0 Å². The summed E-state index contributed by atoms with van der Waals surface area (Å²) in [7, 11) is 0. The molecule has 0 saturated heterocycles. The fourth-order valence-electron chi connectivity index (χ4n) is 5.72. The van der Waals surface area contributed by atoms with E-state index in [1.165, 1.54) is 148 Å². The van der Waals surface area contributed by atoms with Crippen molar-refractivity contribution < 1.29 is 14.6 Å². The zero-order valence-corrected chi connectivity index (χ0v) is 29.6. The van der Waals surface area contributed by atoms with E-state index >= 15 is 0 Å². The Kier molecular flexibility index (Phi) is 38.5. The highest BCUT2D eigenvalue weighted by Gasteiger charge is 2.02. The molecule has 0 aromatic carbocycles. The molecule has 0 rings (SSSR count). The quantitative estimate of drug-likeness (QED) is 0.0433. The highest BCUT2D eigenvalue weighted by atomic mass is 16.5. The van der Waals surface area contributed by atoms with E-state index in [2.05, 4.69) is 43.4 Å². The predicted molar refractivity (Wildman–Crippen MR) is 194 cm³/mol. The number of allylic oxidation sites excluding steroid dienone is 6. The first-order valence-corrected chi connectivity index (χ1v) is 19.5. The summed E-state index contributed by atoms with van der Waals surface area (Å²) in [5, 5.41) is 8.79. The van der Waals surface area contributed by atoms with Gasteiger partial charge in [0.05, 0.1) is 6.61 Å². The summed E-state index contributed by atoms with van der Waals surface area (Å²) in [6.45, 7) is 3.14. The van der Waals surface area contributed by atoms with Crippen LogP contribution in [0, 0.1) is 0 Å². The second kappa shape index (κ2) is 39.7. The Balaban J connectivity index is 3.20. The van der Waals surface area contributed by atoms with Crippen LogP contribution in [0.25, 0.3) is 0 Å². The molecular weight excluding hydrogens is 540 g/mol. The van der Waals surface area contributed by atoms with Crippen LogP contribution in [-0.4, -0.2) is 24.3 Å². The van der Waals surface area contributed by atoms with Gasteiger partial charge in [0, 0.05) is 13.0 Å². The lowest BCUT2D eigenvalue weighted by molar-refractivity contribution is -0.143. The van der Waals surface area contributed by atoms with Gasteiger partial charge in [-0.25, -0.2) is 0 Å². The van der Waals surface area contributed by atoms with E-state index in [9.17, 15) is 4.79 Å². The summed E-state index contributed by atoms with van der Waals surface area (Å²) >= 11 is 0. The van der Waals surface area contributed by atoms with Gasteiger partial charge >= 0.3 is 5.97 Å². The third kappa shape index (κ3) is 38.7. The summed E-state index contributed by atoms with van der Waals surface area (Å²) in [5.74, 6) is 0.00304. The van der Waals surface area contributed by atoms with E-state index in [-0.39, 0.29) is 5.97 Å². The molecule has 44 heavy (non-hydrogen) atoms. The third-order valence-corrected chi connectivity index (χ3v) is 8.60. The molecule has 0 heterocycles. The third-order valence-electron chi connectivity index (χ3n) is 8.60. The number of unbranched alkanes of at least 4 members (excludes halogenated alkanes) is 25. The lowest BCUT2D eigenvalue weighted by Gasteiger charge is -2.06. The van der Waals surface area contributed by atoms with Crippen LogP contribution in [0.2, 0.25) is 0 Å². The smallest absolute Gasteiger partial charge is 0.305 e. The molecule has 0 aromatic rings. The minimum Gasteiger partial charge on any atom is -0.466 e. The summed E-state index contributed by atoms with van der Waals surface area (Å²) in [6, 6.07) is 0. The Morgan fingerprint density at radius 3 is 1.27 bits per heavy atom. The number of hydrogen-bond acceptors (Lipinski definition) is 3. The van der Waals surface area contributed by atoms with Gasteiger partial charge in [0.1, 0.15) is 0 Å². The fourth-order valence-corrected chi connectivity index (χ4v) is 5.72. The van der Waals surface area contributed by atoms with E-state index < -0.39 is 0 Å². The molecule has 0 bridgehead atoms. The molecule has 0 fully saturated rings. The predicted octanol–water partition coefficient (Wildman–Crippen LogP) is 13.3. The molecule has 0 unspecified atom stereocenters. The Hall–Kier alpha value is -1.35. The molecule has 0 aliphatic carbocycles. The summed E-state index contributed by atoms with van der Waals surface area (Å²) in [4.78, 5) is 11.9. The van der Waals surface area contributed by atoms with Gasteiger partial charge in [-0.05, 0) is 51.4 Å². The maximum atomic E-state index is 11.9. The molecule has 0 aliphatic rings. The molecular formula is C41H76O3. The van der Waals surface area contributed by atoms with Crippen molar-refractivity contribution in [3.63, 3.8) is 0 Å². The topological polar surface area (TPSA) is 46.5 Å². The van der Waals surface area contributed by atoms with E-state index in [4.69, 9.17) is 9.84 Å². The molecule has 0 aliphatic heterocycles. The zero-order valence-electron chi connectivity index (χ0n) is 29.6. The molecule has 0 atom stereocenters. The van der Waals surface area contributed by atoms with E-state index in [1.54, 1.807) is 0 Å². The van der Waals surface area contributed by atoms with Crippen LogP contribution in [0.15, 0.2) is 36.5 Å². The number of rotatable bonds is 36. The number of carbonyl (C=O) groups excluding carboxylic acids is 1. The van der Waals surface area contributed by atoms with Gasteiger partial charge in [-0.2, -0.15) is 0 Å². The summed E-state index contributed by atoms with van der Waals surface area (Å²) < 4.78 is 5.44. The number of hydrogen-bond donors (Lipinski definition) is 1. The van der Waals surface area contributed by atoms with E-state index in [0.717, 1.165) is 44.9 Å². The van der Waals surface area contributed by atoms with Crippen LogP contribution in [0.4, 0.5) is 0 Å². The highest BCUT2D eigenvalue weighted by Crippen LogP contribution is 2.15. The number of esters is 1. The summed E-state index contributed by atoms with van der Waals surface area (Å²) in [5.41, 5.74) is 0. The van der Waals surface area contributed by atoms with Crippen molar-refractivity contribution in [2.75, 3.05) is 13.2 Å². The summed E-state index contributed by atoms with van der Waals surface area (Å²) in [6.07, 6.45) is 52.3. The Labute approximate surface area is 275 Å². The molecule has 0 saturated carbocycles. The van der Waals surface area contributed by atoms with E-state index in [0.29, 0.717) is 19.6 Å². The van der Waals surface area contributed by atoms with Crippen molar-refractivity contribution in [1.29, 1.82) is 0 Å². The SMILES string of the molecule is CC/C=C\C/C=C\C/C=C\CCCCCCCC(=O)OCCCCCCCCCCCCCCCCCCCCCCCO. The monoisotopic (exact) mass is 617 g/mol. The van der Waals surface area contributed by atoms with Crippen LogP contribution >= 0.6 is 0 Å². The Morgan fingerprint density at radius 2 is 0.818 bits per heavy atom. The fraction of sp³-hybridized carbons (Fsp3) is 0.829. The maximum absolute atomic E-state index is 11.9. The number of carbonyl (C=O) groups is 1. The number of ether oxygens (including phenoxy) is 1. The first kappa shape index (κ1) is 42.6. The standard InChI is InChI=1S/C41H76O3/c1-2-3-4-5-6-7-8-9-17-20-23-26-29-32-35-38-41(43)44-40-37-34-31-28-25-22-19-16-14-12-10-11-13-15-18-21-24-27-30-33-36-39-42/h3-4,6-7,9,17,42H,2,5,8,10-16,18-40H2,1H3/b4-3-,7-6-,17-9-. The van der Waals surface area contributed by atoms with E-state index in [1.807, 2.05) is 0 Å². The first-order valence-electron chi connectivity index (χ1n) is 19.5. The van der Waals surface area contributed by atoms with Crippen LogP contribution in [0.1, 0.15) is 206 Å². The first-order chi connectivity index (χ1) is 21.8. The Bertz CT molecular complexity index is 636. The molecule has 0 amide bonds. The van der Waals surface area contributed by atoms with Gasteiger partial charge in [-0.15, -0.1) is 0 Å². The molecule has 1 N–H and O–H groups in total. The van der Waals surface area contributed by atoms with Crippen LogP contribution < -0.4 is 0 Å². The van der Waals surface area contributed by atoms with Crippen LogP contribution in [0.3, 0.4) is 0 Å². The second-order valence-electron chi connectivity index (χ2n) is 13.0. The molecule has 3 nitrogen and oxygen atoms in total. The lowest BCUT2D eigenvalue weighted by atomic mass is 10.0. The average molecular weight is 617 g/mol. The molecule has 0 spiro atoms. The van der Waals surface area contributed by atoms with Crippen molar-refractivity contribution in [2.45, 2.75) is 206 Å². The largest absolute Gasteiger partial charge is 0.466 e. The highest BCUT2D eigenvalue weighted by molar-refractivity contribution is 5.69. The number of aliphatic hydroxyl groups excluding tert-OH is 1. The minimum absolute atomic E-state index is 0.00304. The van der Waals surface area contributed by atoms with Crippen molar-refractivity contribution in [1.82, 2.24) is 0 Å². The van der Waals surface area contributed by atoms with Crippen molar-refractivity contribution >= 4 is 5.97 Å². The van der Waals surface area contributed by atoms with Crippen molar-refractivity contribution in [3.05, 3.63) is 36.5 Å². The Morgan fingerprint density at radius 1 is 0.455 bits per heavy atom. The second-order valence-corrected chi connectivity index (χ2v) is 13.0. The molecule has 0 aromatic heterocycles.